The lowest BCUT2D eigenvalue weighted by atomic mass is 10.1. The Balaban J connectivity index is 2.15. The second kappa shape index (κ2) is 9.27. The predicted octanol–water partition coefficient (Wildman–Crippen LogP) is 4.85. The molecule has 7 nitrogen and oxygen atoms in total. The van der Waals surface area contributed by atoms with Crippen molar-refractivity contribution in [1.82, 2.24) is 9.78 Å². The maximum atomic E-state index is 13.9. The van der Waals surface area contributed by atoms with E-state index in [9.17, 15) is 9.18 Å². The first-order valence-corrected chi connectivity index (χ1v) is 8.84. The van der Waals surface area contributed by atoms with Gasteiger partial charge in [-0.05, 0) is 45.2 Å². The number of carbonyl (C=O) groups is 1. The molecular weight excluding hydrogens is 385 g/mol. The number of hydrogen-bond donors (Lipinski definition) is 1. The summed E-state index contributed by atoms with van der Waals surface area (Å²) in [7, 11) is 0. The predicted molar refractivity (Wildman–Crippen MR) is 110 cm³/mol. The minimum Gasteiger partial charge on any atom is -0.442 e. The number of benzene rings is 1. The van der Waals surface area contributed by atoms with Gasteiger partial charge in [-0.3, -0.25) is 4.99 Å². The van der Waals surface area contributed by atoms with Gasteiger partial charge in [0.25, 0.3) is 0 Å². The average Bonchev–Trinajstić information content (AvgIpc) is 3.11. The van der Waals surface area contributed by atoms with Gasteiger partial charge >= 0.3 is 6.09 Å². The van der Waals surface area contributed by atoms with Gasteiger partial charge in [0, 0.05) is 17.4 Å². The van der Waals surface area contributed by atoms with Crippen LogP contribution in [0.1, 0.15) is 20.8 Å². The van der Waals surface area contributed by atoms with Crippen LogP contribution >= 0.6 is 11.6 Å². The highest BCUT2D eigenvalue weighted by molar-refractivity contribution is 6.19. The number of aromatic nitrogens is 2. The second-order valence-corrected chi connectivity index (χ2v) is 6.88. The summed E-state index contributed by atoms with van der Waals surface area (Å²) in [6, 6.07) is 6.95. The third-order valence-corrected chi connectivity index (χ3v) is 3.41. The van der Waals surface area contributed by atoms with Gasteiger partial charge < -0.3 is 10.1 Å². The van der Waals surface area contributed by atoms with Gasteiger partial charge in [0.1, 0.15) is 11.6 Å². The van der Waals surface area contributed by atoms with Crippen molar-refractivity contribution < 1.29 is 13.9 Å². The average molecular weight is 406 g/mol. The Bertz CT molecular complexity index is 898. The summed E-state index contributed by atoms with van der Waals surface area (Å²) < 4.78 is 20.3. The van der Waals surface area contributed by atoms with E-state index in [1.165, 1.54) is 0 Å². The third kappa shape index (κ3) is 6.02. The number of halogens is 2. The highest BCUT2D eigenvalue weighted by Gasteiger charge is 2.18. The Labute approximate surface area is 167 Å². The van der Waals surface area contributed by atoms with Crippen LogP contribution in [0.3, 0.4) is 0 Å². The molecule has 0 bridgehead atoms. The normalized spacial score (nSPS) is 12.6. The largest absolute Gasteiger partial charge is 0.442 e. The molecule has 0 fully saturated rings. The Morgan fingerprint density at radius 1 is 1.36 bits per heavy atom. The highest BCUT2D eigenvalue weighted by atomic mass is 35.5. The lowest BCUT2D eigenvalue weighted by Crippen LogP contribution is -2.27. The lowest BCUT2D eigenvalue weighted by Gasteiger charge is -2.18. The molecule has 1 heterocycles. The van der Waals surface area contributed by atoms with Crippen LogP contribution in [-0.4, -0.2) is 40.0 Å². The van der Waals surface area contributed by atoms with Crippen molar-refractivity contribution in [2.75, 3.05) is 11.3 Å². The van der Waals surface area contributed by atoms with E-state index in [0.717, 1.165) is 22.0 Å². The van der Waals surface area contributed by atoms with Crippen molar-refractivity contribution in [2.45, 2.75) is 26.4 Å². The molecular formula is C19H21ClFN5O2. The molecule has 0 spiro atoms. The molecule has 0 aliphatic rings. The highest BCUT2D eigenvalue weighted by Crippen LogP contribution is 2.22. The SMILES string of the molecule is C=N/C=C(/F)C(=NCCl)Nc1ccc(-c2cnn(C(=O)OC(C)(C)C)c2)cc1. The quantitative estimate of drug-likeness (QED) is 0.333. The van der Waals surface area contributed by atoms with E-state index in [2.05, 4.69) is 27.1 Å². The second-order valence-electron chi connectivity index (χ2n) is 6.64. The van der Waals surface area contributed by atoms with Crippen LogP contribution in [0.2, 0.25) is 0 Å². The molecule has 0 aliphatic heterocycles. The number of carbonyl (C=O) groups excluding carboxylic acids is 1. The van der Waals surface area contributed by atoms with E-state index in [1.807, 2.05) is 0 Å². The first-order valence-electron chi connectivity index (χ1n) is 8.31. The van der Waals surface area contributed by atoms with Crippen LogP contribution in [0, 0.1) is 0 Å². The standard InChI is InChI=1S/C19H21ClFN5O2/c1-19(2,3)28-18(27)26-11-14(9-24-26)13-5-7-15(8-6-13)25-17(23-12-20)16(21)10-22-4/h5-11H,4,12H2,1-3H3,(H,23,25)/b16-10+. The van der Waals surface area contributed by atoms with Crippen LogP contribution < -0.4 is 5.32 Å². The van der Waals surface area contributed by atoms with Gasteiger partial charge in [0.05, 0.1) is 12.4 Å². The summed E-state index contributed by atoms with van der Waals surface area (Å²) in [6.07, 6.45) is 3.52. The molecule has 0 saturated carbocycles. The molecule has 0 unspecified atom stereocenters. The number of rotatable bonds is 5. The molecule has 9 heteroatoms. The Morgan fingerprint density at radius 3 is 2.61 bits per heavy atom. The fourth-order valence-electron chi connectivity index (χ4n) is 2.14. The van der Waals surface area contributed by atoms with Gasteiger partial charge in [0.15, 0.2) is 11.7 Å². The number of ether oxygens (including phenoxy) is 1. The molecule has 1 aromatic carbocycles. The first-order chi connectivity index (χ1) is 13.2. The summed E-state index contributed by atoms with van der Waals surface area (Å²) in [5.41, 5.74) is 1.54. The molecule has 28 heavy (non-hydrogen) atoms. The number of alkyl halides is 1. The molecule has 0 aliphatic carbocycles. The minimum atomic E-state index is -0.682. The van der Waals surface area contributed by atoms with Crippen LogP contribution in [0.4, 0.5) is 14.9 Å². The smallest absolute Gasteiger partial charge is 0.435 e. The Kier molecular flexibility index (Phi) is 7.06. The van der Waals surface area contributed by atoms with Gasteiger partial charge in [-0.2, -0.15) is 9.78 Å². The zero-order valence-corrected chi connectivity index (χ0v) is 16.6. The van der Waals surface area contributed by atoms with Gasteiger partial charge in [-0.1, -0.05) is 12.1 Å². The number of nitrogens with one attached hydrogen (secondary N) is 1. The van der Waals surface area contributed by atoms with Crippen molar-refractivity contribution in [3.05, 3.63) is 48.7 Å². The maximum Gasteiger partial charge on any atom is 0.435 e. The fraction of sp³-hybridized carbons (Fsp3) is 0.263. The van der Waals surface area contributed by atoms with Crippen molar-refractivity contribution in [3.8, 4) is 11.1 Å². The van der Waals surface area contributed by atoms with E-state index in [-0.39, 0.29) is 11.8 Å². The summed E-state index contributed by atoms with van der Waals surface area (Å²) in [5.74, 6) is -0.730. The number of hydrogen-bond acceptors (Lipinski definition) is 5. The monoisotopic (exact) mass is 405 g/mol. The van der Waals surface area contributed by atoms with Gasteiger partial charge in [0.2, 0.25) is 0 Å². The summed E-state index contributed by atoms with van der Waals surface area (Å²) >= 11 is 5.57. The molecule has 0 saturated heterocycles. The third-order valence-electron chi connectivity index (χ3n) is 3.29. The molecule has 2 aromatic rings. The molecule has 0 amide bonds. The summed E-state index contributed by atoms with van der Waals surface area (Å²) in [4.78, 5) is 19.3. The van der Waals surface area contributed by atoms with E-state index in [4.69, 9.17) is 16.3 Å². The number of aliphatic imine (C=N–C) groups is 2. The van der Waals surface area contributed by atoms with Crippen molar-refractivity contribution in [2.24, 2.45) is 9.98 Å². The van der Waals surface area contributed by atoms with Gasteiger partial charge in [-0.25, -0.2) is 14.2 Å². The fourth-order valence-corrected chi connectivity index (χ4v) is 2.26. The van der Waals surface area contributed by atoms with E-state index < -0.39 is 17.5 Å². The Morgan fingerprint density at radius 2 is 2.04 bits per heavy atom. The first kappa shape index (κ1) is 21.3. The van der Waals surface area contributed by atoms with Gasteiger partial charge in [-0.15, -0.1) is 11.6 Å². The minimum absolute atomic E-state index is 0.0482. The number of nitrogens with zero attached hydrogens (tertiary/aromatic N) is 4. The van der Waals surface area contributed by atoms with Crippen LogP contribution in [0.5, 0.6) is 0 Å². The molecule has 0 atom stereocenters. The van der Waals surface area contributed by atoms with Crippen molar-refractivity contribution in [1.29, 1.82) is 0 Å². The van der Waals surface area contributed by atoms with E-state index in [1.54, 1.807) is 57.4 Å². The molecule has 148 valence electrons. The Hall–Kier alpha value is -3.00. The summed E-state index contributed by atoms with van der Waals surface area (Å²) in [5, 5.41) is 6.87. The maximum absolute atomic E-state index is 13.9. The number of anilines is 1. The zero-order chi connectivity index (χ0) is 20.7. The van der Waals surface area contributed by atoms with E-state index in [0.29, 0.717) is 5.69 Å². The van der Waals surface area contributed by atoms with Crippen LogP contribution in [0.25, 0.3) is 11.1 Å². The molecule has 1 aromatic heterocycles. The van der Waals surface area contributed by atoms with Crippen LogP contribution in [-0.2, 0) is 4.74 Å². The van der Waals surface area contributed by atoms with E-state index >= 15 is 0 Å². The topological polar surface area (TPSA) is 80.9 Å². The molecule has 1 N–H and O–H groups in total. The molecule has 0 radical (unpaired) electrons. The van der Waals surface area contributed by atoms with Crippen molar-refractivity contribution >= 4 is 35.9 Å². The number of amidine groups is 1. The zero-order valence-electron chi connectivity index (χ0n) is 15.8. The molecule has 2 rings (SSSR count). The van der Waals surface area contributed by atoms with Crippen LogP contribution in [0.15, 0.2) is 58.7 Å². The summed E-state index contributed by atoms with van der Waals surface area (Å²) in [6.45, 7) is 8.56. The van der Waals surface area contributed by atoms with Crippen molar-refractivity contribution in [3.63, 3.8) is 0 Å². The lowest BCUT2D eigenvalue weighted by molar-refractivity contribution is 0.0514.